The minimum atomic E-state index is -0.766. The SMILES string of the molecule is C=CCOC(=O)N1C[C@H](O)C[C@@H]1C(=O)OC. The number of esters is 1. The molecule has 0 radical (unpaired) electrons. The number of carbonyl (C=O) groups excluding carboxylic acids is 2. The first-order chi connectivity index (χ1) is 7.60. The second-order valence-corrected chi connectivity index (χ2v) is 3.45. The lowest BCUT2D eigenvalue weighted by Gasteiger charge is -2.21. The predicted molar refractivity (Wildman–Crippen MR) is 54.7 cm³/mol. The molecule has 90 valence electrons. The highest BCUT2D eigenvalue weighted by Crippen LogP contribution is 2.19. The molecule has 0 aromatic rings. The van der Waals surface area contributed by atoms with Crippen LogP contribution in [0.1, 0.15) is 6.42 Å². The molecule has 2 atom stereocenters. The first kappa shape index (κ1) is 12.5. The van der Waals surface area contributed by atoms with E-state index in [0.717, 1.165) is 0 Å². The molecule has 1 amide bonds. The minimum absolute atomic E-state index is 0.0688. The lowest BCUT2D eigenvalue weighted by molar-refractivity contribution is -0.145. The maximum absolute atomic E-state index is 11.5. The van der Waals surface area contributed by atoms with Crippen LogP contribution in [-0.4, -0.2) is 54.5 Å². The third kappa shape index (κ3) is 2.73. The van der Waals surface area contributed by atoms with Gasteiger partial charge in [0.25, 0.3) is 0 Å². The third-order valence-electron chi connectivity index (χ3n) is 2.31. The van der Waals surface area contributed by atoms with Gasteiger partial charge in [0.1, 0.15) is 12.6 Å². The Morgan fingerprint density at radius 1 is 1.62 bits per heavy atom. The third-order valence-corrected chi connectivity index (χ3v) is 2.31. The maximum atomic E-state index is 11.5. The van der Waals surface area contributed by atoms with Gasteiger partial charge in [-0.3, -0.25) is 4.90 Å². The number of amides is 1. The molecular weight excluding hydrogens is 214 g/mol. The van der Waals surface area contributed by atoms with E-state index in [2.05, 4.69) is 11.3 Å². The summed E-state index contributed by atoms with van der Waals surface area (Å²) in [7, 11) is 1.24. The van der Waals surface area contributed by atoms with Crippen LogP contribution in [-0.2, 0) is 14.3 Å². The van der Waals surface area contributed by atoms with Gasteiger partial charge >= 0.3 is 12.1 Å². The monoisotopic (exact) mass is 229 g/mol. The van der Waals surface area contributed by atoms with Crippen LogP contribution in [0, 0.1) is 0 Å². The number of nitrogens with zero attached hydrogens (tertiary/aromatic N) is 1. The topological polar surface area (TPSA) is 76.1 Å². The molecule has 0 aromatic heterocycles. The summed E-state index contributed by atoms with van der Waals surface area (Å²) in [5.74, 6) is -0.549. The van der Waals surface area contributed by atoms with E-state index < -0.39 is 24.2 Å². The number of aliphatic hydroxyl groups excluding tert-OH is 1. The molecule has 0 spiro atoms. The van der Waals surface area contributed by atoms with E-state index in [1.165, 1.54) is 18.1 Å². The van der Waals surface area contributed by atoms with Crippen molar-refractivity contribution in [2.24, 2.45) is 0 Å². The van der Waals surface area contributed by atoms with E-state index in [0.29, 0.717) is 0 Å². The van der Waals surface area contributed by atoms with Crippen molar-refractivity contribution in [2.75, 3.05) is 20.3 Å². The summed E-state index contributed by atoms with van der Waals surface area (Å²) in [6.45, 7) is 3.56. The van der Waals surface area contributed by atoms with Gasteiger partial charge in [0, 0.05) is 6.42 Å². The number of β-amino-alcohol motifs (C(OH)–C–C–N with tert-alkyl or cyclic N) is 1. The molecule has 0 aliphatic carbocycles. The van der Waals surface area contributed by atoms with Gasteiger partial charge in [0.2, 0.25) is 0 Å². The summed E-state index contributed by atoms with van der Waals surface area (Å²) in [5.41, 5.74) is 0. The van der Waals surface area contributed by atoms with Crippen molar-refractivity contribution in [1.29, 1.82) is 0 Å². The molecule has 0 saturated carbocycles. The van der Waals surface area contributed by atoms with E-state index >= 15 is 0 Å². The minimum Gasteiger partial charge on any atom is -0.467 e. The fourth-order valence-corrected chi connectivity index (χ4v) is 1.59. The average Bonchev–Trinajstić information content (AvgIpc) is 2.67. The quantitative estimate of drug-likeness (QED) is 0.541. The van der Waals surface area contributed by atoms with E-state index in [1.807, 2.05) is 0 Å². The second kappa shape index (κ2) is 5.50. The number of likely N-dealkylation sites (tertiary alicyclic amines) is 1. The Labute approximate surface area is 93.4 Å². The van der Waals surface area contributed by atoms with Crippen LogP contribution in [0.5, 0.6) is 0 Å². The summed E-state index contributed by atoms with van der Waals surface area (Å²) in [4.78, 5) is 24.0. The number of hydrogen-bond donors (Lipinski definition) is 1. The molecule has 1 aliphatic heterocycles. The molecule has 1 rings (SSSR count). The highest BCUT2D eigenvalue weighted by atomic mass is 16.6. The van der Waals surface area contributed by atoms with Crippen LogP contribution in [0.4, 0.5) is 4.79 Å². The largest absolute Gasteiger partial charge is 0.467 e. The lowest BCUT2D eigenvalue weighted by Crippen LogP contribution is -2.41. The van der Waals surface area contributed by atoms with Gasteiger partial charge in [-0.05, 0) is 0 Å². The molecule has 0 bridgehead atoms. The molecule has 6 nitrogen and oxygen atoms in total. The second-order valence-electron chi connectivity index (χ2n) is 3.45. The molecular formula is C10H15NO5. The van der Waals surface area contributed by atoms with E-state index in [9.17, 15) is 14.7 Å². The Kier molecular flexibility index (Phi) is 4.30. The Bertz CT molecular complexity index is 291. The van der Waals surface area contributed by atoms with Crippen molar-refractivity contribution >= 4 is 12.1 Å². The molecule has 16 heavy (non-hydrogen) atoms. The van der Waals surface area contributed by atoms with Crippen molar-refractivity contribution in [3.05, 3.63) is 12.7 Å². The zero-order valence-corrected chi connectivity index (χ0v) is 9.09. The van der Waals surface area contributed by atoms with Crippen LogP contribution >= 0.6 is 0 Å². The van der Waals surface area contributed by atoms with Crippen molar-refractivity contribution in [1.82, 2.24) is 4.90 Å². The van der Waals surface area contributed by atoms with Gasteiger partial charge in [-0.15, -0.1) is 0 Å². The molecule has 0 aromatic carbocycles. The Morgan fingerprint density at radius 3 is 2.88 bits per heavy atom. The van der Waals surface area contributed by atoms with Crippen molar-refractivity contribution in [2.45, 2.75) is 18.6 Å². The number of methoxy groups -OCH3 is 1. The smallest absolute Gasteiger partial charge is 0.410 e. The summed E-state index contributed by atoms with van der Waals surface area (Å²) < 4.78 is 9.35. The lowest BCUT2D eigenvalue weighted by atomic mass is 10.2. The summed E-state index contributed by atoms with van der Waals surface area (Å²) in [5, 5.41) is 9.41. The number of hydrogen-bond acceptors (Lipinski definition) is 5. The molecule has 1 heterocycles. The maximum Gasteiger partial charge on any atom is 0.410 e. The van der Waals surface area contributed by atoms with E-state index in [4.69, 9.17) is 4.74 Å². The van der Waals surface area contributed by atoms with Crippen molar-refractivity contribution < 1.29 is 24.2 Å². The molecule has 6 heteroatoms. The molecule has 1 N–H and O–H groups in total. The van der Waals surface area contributed by atoms with Gasteiger partial charge in [-0.1, -0.05) is 12.7 Å². The standard InChI is InChI=1S/C10H15NO5/c1-3-4-16-10(14)11-6-7(12)5-8(11)9(13)15-2/h3,7-8,12H,1,4-6H2,2H3/t7-,8-/m1/s1. The van der Waals surface area contributed by atoms with Crippen molar-refractivity contribution in [3.63, 3.8) is 0 Å². The van der Waals surface area contributed by atoms with Crippen molar-refractivity contribution in [3.8, 4) is 0 Å². The Hall–Kier alpha value is -1.56. The van der Waals surface area contributed by atoms with Crippen LogP contribution in [0.3, 0.4) is 0 Å². The fourth-order valence-electron chi connectivity index (χ4n) is 1.59. The molecule has 0 unspecified atom stereocenters. The van der Waals surface area contributed by atoms with Crippen LogP contribution in [0.15, 0.2) is 12.7 Å². The van der Waals surface area contributed by atoms with Gasteiger partial charge in [0.05, 0.1) is 19.8 Å². The normalized spacial score (nSPS) is 24.0. The molecule has 1 fully saturated rings. The first-order valence-electron chi connectivity index (χ1n) is 4.90. The van der Waals surface area contributed by atoms with Gasteiger partial charge in [-0.25, -0.2) is 9.59 Å². The molecule has 1 aliphatic rings. The first-order valence-corrected chi connectivity index (χ1v) is 4.90. The summed E-state index contributed by atoms with van der Waals surface area (Å²) in [6, 6.07) is -0.766. The number of aliphatic hydroxyl groups is 1. The highest BCUT2D eigenvalue weighted by molar-refractivity contribution is 5.82. The van der Waals surface area contributed by atoms with Gasteiger partial charge in [0.15, 0.2) is 0 Å². The highest BCUT2D eigenvalue weighted by Gasteiger charge is 2.40. The molecule has 1 saturated heterocycles. The summed E-state index contributed by atoms with van der Waals surface area (Å²) in [6.07, 6.45) is 0.236. The zero-order valence-electron chi connectivity index (χ0n) is 9.09. The zero-order chi connectivity index (χ0) is 12.1. The van der Waals surface area contributed by atoms with Crippen LogP contribution in [0.25, 0.3) is 0 Å². The number of rotatable bonds is 3. The van der Waals surface area contributed by atoms with Gasteiger partial charge in [-0.2, -0.15) is 0 Å². The Balaban J connectivity index is 2.65. The fraction of sp³-hybridized carbons (Fsp3) is 0.600. The van der Waals surface area contributed by atoms with Gasteiger partial charge < -0.3 is 14.6 Å². The summed E-state index contributed by atoms with van der Waals surface area (Å²) >= 11 is 0. The predicted octanol–water partition coefficient (Wildman–Crippen LogP) is -0.0828. The average molecular weight is 229 g/mol. The van der Waals surface area contributed by atoms with Crippen LogP contribution in [0.2, 0.25) is 0 Å². The Morgan fingerprint density at radius 2 is 2.31 bits per heavy atom. The number of carbonyl (C=O) groups is 2. The van der Waals surface area contributed by atoms with Crippen LogP contribution < -0.4 is 0 Å². The number of ether oxygens (including phenoxy) is 2. The van der Waals surface area contributed by atoms with E-state index in [1.54, 1.807) is 0 Å². The van der Waals surface area contributed by atoms with E-state index in [-0.39, 0.29) is 19.6 Å².